The molecule has 2 amide bonds. The second-order valence-electron chi connectivity index (χ2n) is 5.39. The second kappa shape index (κ2) is 7.90. The molecule has 24 heavy (non-hydrogen) atoms. The van der Waals surface area contributed by atoms with Gasteiger partial charge in [0.25, 0.3) is 11.8 Å². The SMILES string of the molecule is Cl.NCCCN1C(=O)C(c2ccccc2)=C(c2ccccc2)C1=O. The highest BCUT2D eigenvalue weighted by Gasteiger charge is 2.38. The van der Waals surface area contributed by atoms with E-state index >= 15 is 0 Å². The summed E-state index contributed by atoms with van der Waals surface area (Å²) in [6.45, 7) is 0.791. The van der Waals surface area contributed by atoms with Crippen molar-refractivity contribution in [1.29, 1.82) is 0 Å². The Balaban J connectivity index is 0.00000208. The first-order chi connectivity index (χ1) is 11.2. The van der Waals surface area contributed by atoms with E-state index in [0.717, 1.165) is 11.1 Å². The molecule has 0 unspecified atom stereocenters. The van der Waals surface area contributed by atoms with Crippen LogP contribution in [0.25, 0.3) is 11.1 Å². The highest BCUT2D eigenvalue weighted by molar-refractivity contribution is 6.48. The Morgan fingerprint density at radius 3 is 1.54 bits per heavy atom. The number of halogens is 1. The summed E-state index contributed by atoms with van der Waals surface area (Å²) in [6, 6.07) is 18.7. The summed E-state index contributed by atoms with van der Waals surface area (Å²) < 4.78 is 0. The summed E-state index contributed by atoms with van der Waals surface area (Å²) in [5, 5.41) is 0. The molecular formula is C19H19ClN2O2. The highest BCUT2D eigenvalue weighted by Crippen LogP contribution is 2.35. The zero-order chi connectivity index (χ0) is 16.2. The minimum absolute atomic E-state index is 0. The summed E-state index contributed by atoms with van der Waals surface area (Å²) >= 11 is 0. The van der Waals surface area contributed by atoms with Crippen LogP contribution in [0.4, 0.5) is 0 Å². The molecule has 0 saturated heterocycles. The van der Waals surface area contributed by atoms with Gasteiger partial charge in [-0.25, -0.2) is 0 Å². The molecule has 0 bridgehead atoms. The molecule has 4 nitrogen and oxygen atoms in total. The van der Waals surface area contributed by atoms with E-state index in [0.29, 0.717) is 30.7 Å². The molecule has 1 aliphatic rings. The Morgan fingerprint density at radius 1 is 0.750 bits per heavy atom. The highest BCUT2D eigenvalue weighted by atomic mass is 35.5. The van der Waals surface area contributed by atoms with Crippen molar-refractivity contribution in [3.05, 3.63) is 71.8 Å². The molecule has 0 radical (unpaired) electrons. The summed E-state index contributed by atoms with van der Waals surface area (Å²) in [5.41, 5.74) is 8.00. The summed E-state index contributed by atoms with van der Waals surface area (Å²) in [4.78, 5) is 26.9. The maximum absolute atomic E-state index is 12.8. The van der Waals surface area contributed by atoms with Crippen molar-refractivity contribution in [3.63, 3.8) is 0 Å². The van der Waals surface area contributed by atoms with E-state index in [9.17, 15) is 9.59 Å². The maximum atomic E-state index is 12.8. The number of nitrogens with two attached hydrogens (primary N) is 1. The van der Waals surface area contributed by atoms with Crippen molar-refractivity contribution in [1.82, 2.24) is 4.90 Å². The van der Waals surface area contributed by atoms with E-state index in [1.165, 1.54) is 4.90 Å². The van der Waals surface area contributed by atoms with Gasteiger partial charge in [0.1, 0.15) is 0 Å². The lowest BCUT2D eigenvalue weighted by Gasteiger charge is -2.14. The molecule has 0 atom stereocenters. The normalized spacial score (nSPS) is 14.1. The van der Waals surface area contributed by atoms with Gasteiger partial charge in [-0.05, 0) is 24.1 Å². The Labute approximate surface area is 147 Å². The van der Waals surface area contributed by atoms with Gasteiger partial charge in [0, 0.05) is 6.54 Å². The second-order valence-corrected chi connectivity index (χ2v) is 5.39. The van der Waals surface area contributed by atoms with Gasteiger partial charge in [-0.3, -0.25) is 14.5 Å². The largest absolute Gasteiger partial charge is 0.330 e. The van der Waals surface area contributed by atoms with Crippen LogP contribution in [0.1, 0.15) is 17.5 Å². The van der Waals surface area contributed by atoms with Gasteiger partial charge in [-0.15, -0.1) is 12.4 Å². The van der Waals surface area contributed by atoms with E-state index in [1.807, 2.05) is 60.7 Å². The third kappa shape index (κ3) is 3.25. The molecule has 5 heteroatoms. The third-order valence-corrected chi connectivity index (χ3v) is 3.88. The lowest BCUT2D eigenvalue weighted by molar-refractivity contribution is -0.136. The fourth-order valence-corrected chi connectivity index (χ4v) is 2.77. The van der Waals surface area contributed by atoms with Crippen LogP contribution in [-0.4, -0.2) is 29.8 Å². The van der Waals surface area contributed by atoms with E-state index in [2.05, 4.69) is 0 Å². The molecule has 2 aromatic rings. The Bertz CT molecular complexity index is 696. The van der Waals surface area contributed by atoms with Crippen LogP contribution < -0.4 is 5.73 Å². The lowest BCUT2D eigenvalue weighted by atomic mass is 9.96. The van der Waals surface area contributed by atoms with Gasteiger partial charge in [0.15, 0.2) is 0 Å². The van der Waals surface area contributed by atoms with E-state index < -0.39 is 0 Å². The minimum atomic E-state index is -0.242. The van der Waals surface area contributed by atoms with E-state index in [1.54, 1.807) is 0 Å². The number of benzene rings is 2. The number of hydrogen-bond acceptors (Lipinski definition) is 3. The van der Waals surface area contributed by atoms with Gasteiger partial charge in [0.05, 0.1) is 11.1 Å². The van der Waals surface area contributed by atoms with Crippen LogP contribution in [0.5, 0.6) is 0 Å². The summed E-state index contributed by atoms with van der Waals surface area (Å²) in [5.74, 6) is -0.484. The standard InChI is InChI=1S/C19H18N2O2.ClH/c20-12-7-13-21-18(22)16(14-8-3-1-4-9-14)17(19(21)23)15-10-5-2-6-11-15;/h1-6,8-11H,7,12-13,20H2;1H. The van der Waals surface area contributed by atoms with Crippen molar-refractivity contribution < 1.29 is 9.59 Å². The van der Waals surface area contributed by atoms with Crippen LogP contribution in [0.3, 0.4) is 0 Å². The number of hydrogen-bond donors (Lipinski definition) is 1. The van der Waals surface area contributed by atoms with Crippen molar-refractivity contribution in [2.75, 3.05) is 13.1 Å². The molecule has 1 heterocycles. The molecule has 0 spiro atoms. The smallest absolute Gasteiger partial charge is 0.262 e. The molecule has 0 aromatic heterocycles. The van der Waals surface area contributed by atoms with Crippen LogP contribution in [-0.2, 0) is 9.59 Å². The van der Waals surface area contributed by atoms with Gasteiger partial charge in [-0.1, -0.05) is 60.7 Å². The number of carbonyl (C=O) groups excluding carboxylic acids is 2. The number of nitrogens with zero attached hydrogens (tertiary/aromatic N) is 1. The molecule has 1 aliphatic heterocycles. The van der Waals surface area contributed by atoms with Crippen LogP contribution in [0.15, 0.2) is 60.7 Å². The van der Waals surface area contributed by atoms with Crippen molar-refractivity contribution >= 4 is 35.4 Å². The van der Waals surface area contributed by atoms with E-state index in [4.69, 9.17) is 5.73 Å². The first-order valence-corrected chi connectivity index (χ1v) is 7.65. The van der Waals surface area contributed by atoms with Gasteiger partial charge < -0.3 is 5.73 Å². The quantitative estimate of drug-likeness (QED) is 0.850. The Kier molecular flexibility index (Phi) is 5.90. The van der Waals surface area contributed by atoms with Crippen molar-refractivity contribution in [2.24, 2.45) is 5.73 Å². The zero-order valence-electron chi connectivity index (χ0n) is 13.1. The van der Waals surface area contributed by atoms with Gasteiger partial charge >= 0.3 is 0 Å². The average Bonchev–Trinajstić information content (AvgIpc) is 2.85. The number of carbonyl (C=O) groups is 2. The first kappa shape index (κ1) is 17.9. The zero-order valence-corrected chi connectivity index (χ0v) is 14.0. The summed E-state index contributed by atoms with van der Waals surface area (Å²) in [7, 11) is 0. The van der Waals surface area contributed by atoms with Crippen LogP contribution in [0, 0.1) is 0 Å². The van der Waals surface area contributed by atoms with Gasteiger partial charge in [-0.2, -0.15) is 0 Å². The van der Waals surface area contributed by atoms with E-state index in [-0.39, 0.29) is 24.2 Å². The van der Waals surface area contributed by atoms with Crippen molar-refractivity contribution in [2.45, 2.75) is 6.42 Å². The first-order valence-electron chi connectivity index (χ1n) is 7.65. The maximum Gasteiger partial charge on any atom is 0.262 e. The molecule has 3 rings (SSSR count). The number of imide groups is 1. The molecular weight excluding hydrogens is 324 g/mol. The number of amides is 2. The fraction of sp³-hybridized carbons (Fsp3) is 0.158. The predicted molar refractivity (Wildman–Crippen MR) is 97.3 cm³/mol. The van der Waals surface area contributed by atoms with Crippen LogP contribution in [0.2, 0.25) is 0 Å². The monoisotopic (exact) mass is 342 g/mol. The third-order valence-electron chi connectivity index (χ3n) is 3.88. The molecule has 124 valence electrons. The molecule has 2 N–H and O–H groups in total. The summed E-state index contributed by atoms with van der Waals surface area (Å²) in [6.07, 6.45) is 0.599. The van der Waals surface area contributed by atoms with Gasteiger partial charge in [0.2, 0.25) is 0 Å². The Hall–Kier alpha value is -2.43. The predicted octanol–water partition coefficient (Wildman–Crippen LogP) is 2.74. The molecule has 0 fully saturated rings. The Morgan fingerprint density at radius 2 is 1.17 bits per heavy atom. The average molecular weight is 343 g/mol. The molecule has 0 aliphatic carbocycles. The molecule has 0 saturated carbocycles. The van der Waals surface area contributed by atoms with Crippen LogP contribution >= 0.6 is 12.4 Å². The minimum Gasteiger partial charge on any atom is -0.330 e. The fourth-order valence-electron chi connectivity index (χ4n) is 2.77. The molecule has 2 aromatic carbocycles. The lowest BCUT2D eigenvalue weighted by Crippen LogP contribution is -2.33. The topological polar surface area (TPSA) is 63.4 Å². The van der Waals surface area contributed by atoms with Crippen molar-refractivity contribution in [3.8, 4) is 0 Å². The number of rotatable bonds is 5.